The summed E-state index contributed by atoms with van der Waals surface area (Å²) in [7, 11) is 0. The molecule has 138 valence electrons. The molecule has 2 aromatic heterocycles. The molecule has 0 saturated carbocycles. The molecule has 2 aromatic rings. The van der Waals surface area contributed by atoms with E-state index >= 15 is 0 Å². The first-order chi connectivity index (χ1) is 13.0. The number of thiophene rings is 1. The molecular weight excluding hydrogens is 358 g/mol. The van der Waals surface area contributed by atoms with Crippen LogP contribution in [0.2, 0.25) is 0 Å². The minimum absolute atomic E-state index is 0.130. The van der Waals surface area contributed by atoms with Crippen LogP contribution in [0.5, 0.6) is 0 Å². The molecule has 0 aromatic carbocycles. The van der Waals surface area contributed by atoms with Gasteiger partial charge in [0, 0.05) is 40.0 Å². The van der Waals surface area contributed by atoms with Crippen LogP contribution in [0.15, 0.2) is 64.4 Å². The van der Waals surface area contributed by atoms with Gasteiger partial charge in [-0.25, -0.2) is 4.98 Å². The zero-order valence-electron chi connectivity index (χ0n) is 15.3. The zero-order valence-corrected chi connectivity index (χ0v) is 16.1. The van der Waals surface area contributed by atoms with Gasteiger partial charge in [0.15, 0.2) is 5.78 Å². The van der Waals surface area contributed by atoms with E-state index in [9.17, 15) is 9.59 Å². The monoisotopic (exact) mass is 379 g/mol. The molecule has 5 nitrogen and oxygen atoms in total. The van der Waals surface area contributed by atoms with Gasteiger partial charge in [-0.1, -0.05) is 19.1 Å². The fourth-order valence-corrected chi connectivity index (χ4v) is 4.74. The summed E-state index contributed by atoms with van der Waals surface area (Å²) in [6.45, 7) is 3.99. The van der Waals surface area contributed by atoms with Gasteiger partial charge < -0.3 is 10.6 Å². The van der Waals surface area contributed by atoms with Gasteiger partial charge in [0.05, 0.1) is 5.92 Å². The topological polar surface area (TPSA) is 71.1 Å². The summed E-state index contributed by atoms with van der Waals surface area (Å²) in [6, 6.07) is 9.34. The molecule has 27 heavy (non-hydrogen) atoms. The van der Waals surface area contributed by atoms with Crippen LogP contribution < -0.4 is 10.6 Å². The van der Waals surface area contributed by atoms with Crippen molar-refractivity contribution in [3.05, 3.63) is 69.3 Å². The smallest absolute Gasteiger partial charge is 0.255 e. The van der Waals surface area contributed by atoms with Gasteiger partial charge in [0.1, 0.15) is 5.82 Å². The Bertz CT molecular complexity index is 945. The molecule has 0 fully saturated rings. The van der Waals surface area contributed by atoms with Crippen molar-refractivity contribution in [3.63, 3.8) is 0 Å². The van der Waals surface area contributed by atoms with E-state index in [0.717, 1.165) is 28.3 Å². The molecular formula is C21H21N3O2S. The van der Waals surface area contributed by atoms with Crippen LogP contribution in [0.1, 0.15) is 37.5 Å². The second kappa shape index (κ2) is 7.12. The molecule has 6 heteroatoms. The number of carbonyl (C=O) groups is 2. The summed E-state index contributed by atoms with van der Waals surface area (Å²) in [6.07, 6.45) is 2.99. The van der Waals surface area contributed by atoms with Crippen LogP contribution in [-0.4, -0.2) is 16.7 Å². The molecule has 3 heterocycles. The van der Waals surface area contributed by atoms with Gasteiger partial charge in [0.25, 0.3) is 5.91 Å². The van der Waals surface area contributed by atoms with Gasteiger partial charge in [-0.05, 0) is 42.8 Å². The number of hydrogen-bond acceptors (Lipinski definition) is 5. The second-order valence-corrected chi connectivity index (χ2v) is 8.09. The number of dihydropyridines is 1. The van der Waals surface area contributed by atoms with E-state index in [-0.39, 0.29) is 17.6 Å². The van der Waals surface area contributed by atoms with E-state index in [1.165, 1.54) is 0 Å². The maximum Gasteiger partial charge on any atom is 0.255 e. The number of aromatic nitrogens is 1. The molecule has 2 aliphatic rings. The summed E-state index contributed by atoms with van der Waals surface area (Å²) in [4.78, 5) is 31.3. The molecule has 1 amide bonds. The Balaban J connectivity index is 1.77. The van der Waals surface area contributed by atoms with E-state index in [2.05, 4.69) is 22.5 Å². The predicted octanol–water partition coefficient (Wildman–Crippen LogP) is 4.00. The van der Waals surface area contributed by atoms with Crippen molar-refractivity contribution in [3.8, 4) is 0 Å². The largest absolute Gasteiger partial charge is 0.362 e. The number of rotatable bonds is 3. The van der Waals surface area contributed by atoms with E-state index in [1.54, 1.807) is 29.7 Å². The van der Waals surface area contributed by atoms with Crippen molar-refractivity contribution in [2.75, 3.05) is 5.32 Å². The molecule has 0 saturated heterocycles. The highest BCUT2D eigenvalue weighted by Crippen LogP contribution is 2.44. The maximum atomic E-state index is 13.2. The molecule has 0 radical (unpaired) electrons. The first-order valence-corrected chi connectivity index (χ1v) is 9.92. The van der Waals surface area contributed by atoms with Crippen molar-refractivity contribution in [2.24, 2.45) is 5.92 Å². The first kappa shape index (κ1) is 17.7. The van der Waals surface area contributed by atoms with Crippen molar-refractivity contribution >= 4 is 28.8 Å². The maximum absolute atomic E-state index is 13.2. The van der Waals surface area contributed by atoms with Gasteiger partial charge in [-0.15, -0.1) is 11.3 Å². The highest BCUT2D eigenvalue weighted by Gasteiger charge is 2.40. The van der Waals surface area contributed by atoms with Crippen LogP contribution in [0.25, 0.3) is 0 Å². The Morgan fingerprint density at radius 2 is 2.11 bits per heavy atom. The summed E-state index contributed by atoms with van der Waals surface area (Å²) in [5.74, 6) is 0.380. The fraction of sp³-hybridized carbons (Fsp3) is 0.286. The number of nitrogens with one attached hydrogen (secondary N) is 2. The minimum Gasteiger partial charge on any atom is -0.362 e. The Hall–Kier alpha value is -2.73. The van der Waals surface area contributed by atoms with E-state index in [4.69, 9.17) is 0 Å². The van der Waals surface area contributed by atoms with Crippen LogP contribution in [-0.2, 0) is 9.59 Å². The Labute approximate surface area is 162 Å². The lowest BCUT2D eigenvalue weighted by molar-refractivity contribution is -0.117. The second-order valence-electron chi connectivity index (χ2n) is 7.11. The molecule has 2 N–H and O–H groups in total. The van der Waals surface area contributed by atoms with Gasteiger partial charge in [0.2, 0.25) is 0 Å². The van der Waals surface area contributed by atoms with Gasteiger partial charge >= 0.3 is 0 Å². The minimum atomic E-state index is -0.329. The summed E-state index contributed by atoms with van der Waals surface area (Å²) in [5, 5.41) is 8.21. The summed E-state index contributed by atoms with van der Waals surface area (Å²) in [5.41, 5.74) is 3.09. The Morgan fingerprint density at radius 1 is 1.26 bits per heavy atom. The van der Waals surface area contributed by atoms with Crippen molar-refractivity contribution in [2.45, 2.75) is 32.6 Å². The average Bonchev–Trinajstić information content (AvgIpc) is 3.15. The number of allylic oxidation sites excluding steroid dienone is 3. The molecule has 0 spiro atoms. The lowest BCUT2D eigenvalue weighted by Gasteiger charge is -2.35. The van der Waals surface area contributed by atoms with Crippen LogP contribution in [0, 0.1) is 5.92 Å². The van der Waals surface area contributed by atoms with Crippen LogP contribution in [0.3, 0.4) is 0 Å². The molecule has 0 bridgehead atoms. The highest BCUT2D eigenvalue weighted by atomic mass is 32.1. The quantitative estimate of drug-likeness (QED) is 0.846. The fourth-order valence-electron chi connectivity index (χ4n) is 3.90. The number of Topliss-reactive ketones (excluding diaryl/α,β-unsaturated/α-hetero) is 1. The molecule has 4 rings (SSSR count). The lowest BCUT2D eigenvalue weighted by atomic mass is 9.75. The van der Waals surface area contributed by atoms with Crippen LogP contribution >= 0.6 is 11.3 Å². The standard InChI is InChI=1S/C21H21N3O2S/c1-12-10-14-19(15(25)11-12)20(16-6-5-9-27-16)18(13(2)23-14)21(26)24-17-7-3-4-8-22-17/h3-9,12,20,23H,10-11H2,1-2H3,(H,22,24,26)/t12-,20+/m0/s1. The molecule has 2 atom stereocenters. The number of hydrogen-bond donors (Lipinski definition) is 2. The molecule has 1 aliphatic heterocycles. The third-order valence-electron chi connectivity index (χ3n) is 5.01. The predicted molar refractivity (Wildman–Crippen MR) is 106 cm³/mol. The number of pyridine rings is 1. The zero-order chi connectivity index (χ0) is 19.0. The van der Waals surface area contributed by atoms with Crippen molar-refractivity contribution < 1.29 is 9.59 Å². The Morgan fingerprint density at radius 3 is 2.81 bits per heavy atom. The number of amides is 1. The average molecular weight is 379 g/mol. The van der Waals surface area contributed by atoms with Crippen molar-refractivity contribution in [1.82, 2.24) is 10.3 Å². The van der Waals surface area contributed by atoms with E-state index in [0.29, 0.717) is 23.7 Å². The first-order valence-electron chi connectivity index (χ1n) is 9.04. The Kier molecular flexibility index (Phi) is 4.66. The third-order valence-corrected chi connectivity index (χ3v) is 5.95. The summed E-state index contributed by atoms with van der Waals surface area (Å²) < 4.78 is 0. The van der Waals surface area contributed by atoms with Crippen LogP contribution in [0.4, 0.5) is 5.82 Å². The number of anilines is 1. The number of nitrogens with zero attached hydrogens (tertiary/aromatic N) is 1. The SMILES string of the molecule is CC1=C(C(=O)Nc2ccccn2)[C@@H](c2cccs2)C2=C(C[C@H](C)CC2=O)N1. The normalized spacial score (nSPS) is 22.4. The summed E-state index contributed by atoms with van der Waals surface area (Å²) >= 11 is 1.57. The van der Waals surface area contributed by atoms with Gasteiger partial charge in [-0.2, -0.15) is 0 Å². The third kappa shape index (κ3) is 3.32. The van der Waals surface area contributed by atoms with E-state index in [1.807, 2.05) is 30.5 Å². The van der Waals surface area contributed by atoms with Crippen molar-refractivity contribution in [1.29, 1.82) is 0 Å². The van der Waals surface area contributed by atoms with Gasteiger partial charge in [-0.3, -0.25) is 9.59 Å². The molecule has 0 unspecified atom stereocenters. The number of carbonyl (C=O) groups excluding carboxylic acids is 2. The highest BCUT2D eigenvalue weighted by molar-refractivity contribution is 7.10. The number of ketones is 1. The van der Waals surface area contributed by atoms with E-state index < -0.39 is 0 Å². The molecule has 1 aliphatic carbocycles. The lowest BCUT2D eigenvalue weighted by Crippen LogP contribution is -2.36.